The number of carbonyl (C=O) groups is 3. The average molecular weight is 546 g/mol. The van der Waals surface area contributed by atoms with Crippen LogP contribution in [-0.2, 0) is 27.5 Å². The highest BCUT2D eigenvalue weighted by Gasteiger charge is 2.28. The third-order valence-electron chi connectivity index (χ3n) is 7.27. The number of aromatic nitrogens is 3. The van der Waals surface area contributed by atoms with Gasteiger partial charge in [0.2, 0.25) is 11.8 Å². The smallest absolute Gasteiger partial charge is 0.303 e. The van der Waals surface area contributed by atoms with Crippen LogP contribution in [0.3, 0.4) is 0 Å². The van der Waals surface area contributed by atoms with Gasteiger partial charge in [0.05, 0.1) is 17.9 Å². The molecular formula is C31H39N5O4. The summed E-state index contributed by atoms with van der Waals surface area (Å²) < 4.78 is 1.90. The highest BCUT2D eigenvalue weighted by Crippen LogP contribution is 2.41. The Bertz CT molecular complexity index is 1320. The van der Waals surface area contributed by atoms with E-state index < -0.39 is 5.97 Å². The summed E-state index contributed by atoms with van der Waals surface area (Å²) in [5.41, 5.74) is 5.18. The molecule has 3 aromatic rings. The zero-order chi connectivity index (χ0) is 28.3. The average Bonchev–Trinajstić information content (AvgIpc) is 3.36. The minimum atomic E-state index is -0.778. The maximum atomic E-state index is 13.6. The Labute approximate surface area is 235 Å². The van der Waals surface area contributed by atoms with Crippen molar-refractivity contribution in [3.8, 4) is 22.5 Å². The first-order chi connectivity index (χ1) is 19.5. The standard InChI is InChI=1S/C31H39N5O4/c1-2-3-4-6-17-27(37)32-20-19-28(38)35-22-23-13-8-9-14-24(23)31-30(25-15-10-11-16-26(25)35)33-34-36(31)21-12-5-7-18-29(39)40/h8-11,13-16H,2-7,12,17-22H2,1H3,(H,32,37)(H,39,40). The van der Waals surface area contributed by atoms with E-state index in [0.717, 1.165) is 66.6 Å². The number of nitrogens with one attached hydrogen (secondary N) is 1. The van der Waals surface area contributed by atoms with Gasteiger partial charge in [-0.3, -0.25) is 14.4 Å². The van der Waals surface area contributed by atoms with Crippen LogP contribution in [0.5, 0.6) is 0 Å². The predicted molar refractivity (Wildman–Crippen MR) is 155 cm³/mol. The van der Waals surface area contributed by atoms with Gasteiger partial charge in [0.1, 0.15) is 5.69 Å². The summed E-state index contributed by atoms with van der Waals surface area (Å²) in [4.78, 5) is 38.4. The number of unbranched alkanes of at least 4 members (excludes halogenated alkanes) is 5. The highest BCUT2D eigenvalue weighted by atomic mass is 16.4. The van der Waals surface area contributed by atoms with Crippen molar-refractivity contribution in [2.45, 2.75) is 84.2 Å². The van der Waals surface area contributed by atoms with E-state index in [-0.39, 0.29) is 24.7 Å². The summed E-state index contributed by atoms with van der Waals surface area (Å²) in [5.74, 6) is -0.852. The molecule has 1 aliphatic rings. The molecule has 2 heterocycles. The summed E-state index contributed by atoms with van der Waals surface area (Å²) in [5, 5.41) is 20.9. The number of anilines is 1. The molecule has 0 aliphatic carbocycles. The lowest BCUT2D eigenvalue weighted by Crippen LogP contribution is -2.35. The van der Waals surface area contributed by atoms with Gasteiger partial charge in [0.25, 0.3) is 0 Å². The second-order valence-electron chi connectivity index (χ2n) is 10.3. The monoisotopic (exact) mass is 545 g/mol. The van der Waals surface area contributed by atoms with Crippen LogP contribution in [0.2, 0.25) is 0 Å². The second-order valence-corrected chi connectivity index (χ2v) is 10.3. The number of benzene rings is 2. The third-order valence-corrected chi connectivity index (χ3v) is 7.27. The van der Waals surface area contributed by atoms with Gasteiger partial charge in [-0.05, 0) is 30.9 Å². The largest absolute Gasteiger partial charge is 0.481 e. The fourth-order valence-electron chi connectivity index (χ4n) is 5.15. The van der Waals surface area contributed by atoms with Crippen molar-refractivity contribution in [2.75, 3.05) is 11.4 Å². The van der Waals surface area contributed by atoms with E-state index in [9.17, 15) is 14.4 Å². The molecule has 2 aromatic carbocycles. The zero-order valence-corrected chi connectivity index (χ0v) is 23.3. The molecular weight excluding hydrogens is 506 g/mol. The number of fused-ring (bicyclic) bond motifs is 5. The predicted octanol–water partition coefficient (Wildman–Crippen LogP) is 5.58. The van der Waals surface area contributed by atoms with Crippen LogP contribution >= 0.6 is 0 Å². The van der Waals surface area contributed by atoms with Crippen LogP contribution in [0.25, 0.3) is 22.5 Å². The number of carboxylic acids is 1. The van der Waals surface area contributed by atoms with Gasteiger partial charge >= 0.3 is 5.97 Å². The fourth-order valence-corrected chi connectivity index (χ4v) is 5.15. The van der Waals surface area contributed by atoms with Crippen molar-refractivity contribution in [3.63, 3.8) is 0 Å². The van der Waals surface area contributed by atoms with Crippen molar-refractivity contribution in [1.29, 1.82) is 0 Å². The molecule has 9 nitrogen and oxygen atoms in total. The Balaban J connectivity index is 1.54. The summed E-state index contributed by atoms with van der Waals surface area (Å²) in [6.07, 6.45) is 7.24. The quantitative estimate of drug-likeness (QED) is 0.255. The first kappa shape index (κ1) is 29.0. The zero-order valence-electron chi connectivity index (χ0n) is 23.3. The summed E-state index contributed by atoms with van der Waals surface area (Å²) in [6.45, 7) is 3.46. The molecule has 40 heavy (non-hydrogen) atoms. The number of carbonyl (C=O) groups excluding carboxylic acids is 2. The van der Waals surface area contributed by atoms with Crippen molar-refractivity contribution >= 4 is 23.5 Å². The maximum Gasteiger partial charge on any atom is 0.303 e. The lowest BCUT2D eigenvalue weighted by Gasteiger charge is -2.28. The van der Waals surface area contributed by atoms with E-state index in [1.165, 1.54) is 0 Å². The van der Waals surface area contributed by atoms with E-state index in [1.54, 1.807) is 4.90 Å². The minimum absolute atomic E-state index is 0.00784. The molecule has 0 unspecified atom stereocenters. The van der Waals surface area contributed by atoms with Crippen LogP contribution in [0, 0.1) is 0 Å². The molecule has 0 fully saturated rings. The van der Waals surface area contributed by atoms with Crippen LogP contribution in [0.15, 0.2) is 48.5 Å². The SMILES string of the molecule is CCCCCCC(=O)NCCC(=O)N1Cc2ccccc2-c2c(nnn2CCCCCC(=O)O)-c2ccccc21. The number of hydrogen-bond acceptors (Lipinski definition) is 5. The van der Waals surface area contributed by atoms with Crippen molar-refractivity contribution < 1.29 is 19.5 Å². The molecule has 0 atom stereocenters. The van der Waals surface area contributed by atoms with E-state index >= 15 is 0 Å². The van der Waals surface area contributed by atoms with Gasteiger partial charge in [-0.2, -0.15) is 0 Å². The Morgan fingerprint density at radius 1 is 0.875 bits per heavy atom. The van der Waals surface area contributed by atoms with Gasteiger partial charge < -0.3 is 15.3 Å². The third kappa shape index (κ3) is 7.34. The van der Waals surface area contributed by atoms with Gasteiger partial charge in [0, 0.05) is 43.5 Å². The number of carboxylic acid groups (broad SMARTS) is 1. The van der Waals surface area contributed by atoms with Crippen LogP contribution in [0.4, 0.5) is 5.69 Å². The van der Waals surface area contributed by atoms with E-state index in [1.807, 2.05) is 53.2 Å². The van der Waals surface area contributed by atoms with Crippen LogP contribution < -0.4 is 10.2 Å². The highest BCUT2D eigenvalue weighted by molar-refractivity contribution is 6.00. The molecule has 1 aromatic heterocycles. The molecule has 4 rings (SSSR count). The Hall–Kier alpha value is -4.01. The molecule has 9 heteroatoms. The topological polar surface area (TPSA) is 117 Å². The van der Waals surface area contributed by atoms with E-state index in [0.29, 0.717) is 38.2 Å². The van der Waals surface area contributed by atoms with Gasteiger partial charge in [-0.1, -0.05) is 80.3 Å². The first-order valence-corrected chi connectivity index (χ1v) is 14.4. The van der Waals surface area contributed by atoms with E-state index in [4.69, 9.17) is 5.11 Å². The molecule has 0 saturated heterocycles. The molecule has 212 valence electrons. The summed E-state index contributed by atoms with van der Waals surface area (Å²) >= 11 is 0. The Morgan fingerprint density at radius 3 is 2.40 bits per heavy atom. The normalized spacial score (nSPS) is 12.1. The molecule has 0 bridgehead atoms. The van der Waals surface area contributed by atoms with Gasteiger partial charge in [-0.15, -0.1) is 5.10 Å². The molecule has 1 aliphatic heterocycles. The number of amides is 2. The molecule has 0 spiro atoms. The van der Waals surface area contributed by atoms with Crippen LogP contribution in [-0.4, -0.2) is 44.4 Å². The van der Waals surface area contributed by atoms with Gasteiger partial charge in [0.15, 0.2) is 0 Å². The maximum absolute atomic E-state index is 13.6. The number of nitrogens with zero attached hydrogens (tertiary/aromatic N) is 4. The number of hydrogen-bond donors (Lipinski definition) is 2. The van der Waals surface area contributed by atoms with Crippen molar-refractivity contribution in [3.05, 3.63) is 54.1 Å². The Morgan fingerprint density at radius 2 is 1.60 bits per heavy atom. The lowest BCUT2D eigenvalue weighted by atomic mass is 9.95. The number of para-hydroxylation sites is 1. The summed E-state index contributed by atoms with van der Waals surface area (Å²) in [7, 11) is 0. The summed E-state index contributed by atoms with van der Waals surface area (Å²) in [6, 6.07) is 15.7. The fraction of sp³-hybridized carbons (Fsp3) is 0.452. The lowest BCUT2D eigenvalue weighted by molar-refractivity contribution is -0.137. The van der Waals surface area contributed by atoms with Crippen LogP contribution in [0.1, 0.15) is 76.7 Å². The molecule has 2 N–H and O–H groups in total. The van der Waals surface area contributed by atoms with Crippen molar-refractivity contribution in [1.82, 2.24) is 20.3 Å². The second kappa shape index (κ2) is 14.4. The number of aryl methyl sites for hydroxylation is 1. The van der Waals surface area contributed by atoms with Gasteiger partial charge in [-0.25, -0.2) is 4.68 Å². The molecule has 0 saturated carbocycles. The molecule has 0 radical (unpaired) electrons. The first-order valence-electron chi connectivity index (χ1n) is 14.4. The Kier molecular flexibility index (Phi) is 10.4. The minimum Gasteiger partial charge on any atom is -0.481 e. The molecule has 2 amide bonds. The van der Waals surface area contributed by atoms with Crippen molar-refractivity contribution in [2.24, 2.45) is 0 Å². The number of rotatable bonds is 14. The van der Waals surface area contributed by atoms with E-state index in [2.05, 4.69) is 22.6 Å². The number of aliphatic carboxylic acids is 1.